The highest BCUT2D eigenvalue weighted by atomic mass is 15.1. The molecule has 2 aromatic heterocycles. The van der Waals surface area contributed by atoms with Crippen molar-refractivity contribution in [1.29, 1.82) is 0 Å². The number of nitrogens with one attached hydrogen (secondary N) is 2. The monoisotopic (exact) mass is 375 g/mol. The van der Waals surface area contributed by atoms with Crippen molar-refractivity contribution < 1.29 is 0 Å². The molecule has 3 rings (SSSR count). The number of hydrogen-bond acceptors (Lipinski definition) is 5. The molecule has 0 aliphatic carbocycles. The van der Waals surface area contributed by atoms with Crippen LogP contribution >= 0.6 is 0 Å². The topological polar surface area (TPSA) is 62.7 Å². The Labute approximate surface area is 167 Å². The van der Waals surface area contributed by atoms with Crippen LogP contribution < -0.4 is 10.6 Å². The van der Waals surface area contributed by atoms with E-state index in [4.69, 9.17) is 0 Å². The fraction of sp³-hybridized carbons (Fsp3) is 0.348. The van der Waals surface area contributed by atoms with Crippen LogP contribution in [0.3, 0.4) is 0 Å². The van der Waals surface area contributed by atoms with E-state index in [1.807, 2.05) is 31.3 Å². The van der Waals surface area contributed by atoms with E-state index >= 15 is 0 Å². The van der Waals surface area contributed by atoms with Crippen LogP contribution in [0.5, 0.6) is 0 Å². The predicted octanol–water partition coefficient (Wildman–Crippen LogP) is 5.78. The first-order chi connectivity index (χ1) is 13.4. The molecular formula is C23H29N5. The summed E-state index contributed by atoms with van der Waals surface area (Å²) in [7, 11) is 0. The SMILES string of the molecule is Cc1nc(NCc2cccnc2)cc(Nc2c(C(C)C)cccc2C(C)C)n1. The quantitative estimate of drug-likeness (QED) is 0.548. The van der Waals surface area contributed by atoms with Gasteiger partial charge in [0.05, 0.1) is 0 Å². The largest absolute Gasteiger partial charge is 0.366 e. The van der Waals surface area contributed by atoms with Crippen molar-refractivity contribution in [2.75, 3.05) is 10.6 Å². The number of para-hydroxylation sites is 1. The van der Waals surface area contributed by atoms with Crippen LogP contribution in [0.25, 0.3) is 0 Å². The molecule has 5 nitrogen and oxygen atoms in total. The van der Waals surface area contributed by atoms with Gasteiger partial charge in [0.2, 0.25) is 0 Å². The lowest BCUT2D eigenvalue weighted by Crippen LogP contribution is -2.08. The summed E-state index contributed by atoms with van der Waals surface area (Å²) >= 11 is 0. The Kier molecular flexibility index (Phi) is 6.24. The summed E-state index contributed by atoms with van der Waals surface area (Å²) in [5.74, 6) is 3.18. The van der Waals surface area contributed by atoms with Gasteiger partial charge in [0, 0.05) is 30.7 Å². The number of pyridine rings is 1. The maximum atomic E-state index is 4.61. The third kappa shape index (κ3) is 4.85. The molecule has 0 spiro atoms. The van der Waals surface area contributed by atoms with Crippen molar-refractivity contribution in [2.24, 2.45) is 0 Å². The molecule has 2 heterocycles. The Bertz CT molecular complexity index is 893. The van der Waals surface area contributed by atoms with Crippen LogP contribution in [0.15, 0.2) is 48.8 Å². The van der Waals surface area contributed by atoms with E-state index in [-0.39, 0.29) is 0 Å². The molecule has 146 valence electrons. The Morgan fingerprint density at radius 1 is 0.893 bits per heavy atom. The lowest BCUT2D eigenvalue weighted by molar-refractivity contribution is 0.837. The summed E-state index contributed by atoms with van der Waals surface area (Å²) in [4.78, 5) is 13.3. The van der Waals surface area contributed by atoms with Gasteiger partial charge in [0.15, 0.2) is 0 Å². The standard InChI is InChI=1S/C23H29N5/c1-15(2)19-9-6-10-20(16(3)4)23(19)28-22-12-21(26-17(5)27-22)25-14-18-8-7-11-24-13-18/h6-13,15-16H,14H2,1-5H3,(H2,25,26,27,28). The molecule has 1 aromatic carbocycles. The van der Waals surface area contributed by atoms with Gasteiger partial charge < -0.3 is 10.6 Å². The number of anilines is 3. The minimum atomic E-state index is 0.423. The molecule has 3 aromatic rings. The predicted molar refractivity (Wildman–Crippen MR) is 116 cm³/mol. The summed E-state index contributed by atoms with van der Waals surface area (Å²) in [5.41, 5.74) is 4.86. The van der Waals surface area contributed by atoms with Gasteiger partial charge in [0.1, 0.15) is 17.5 Å². The van der Waals surface area contributed by atoms with Crippen LogP contribution in [0.1, 0.15) is 62.0 Å². The molecular weight excluding hydrogens is 346 g/mol. The van der Waals surface area contributed by atoms with Crippen molar-refractivity contribution in [2.45, 2.75) is 53.0 Å². The Morgan fingerprint density at radius 3 is 2.18 bits per heavy atom. The molecule has 0 unspecified atom stereocenters. The molecule has 0 bridgehead atoms. The summed E-state index contributed by atoms with van der Waals surface area (Å²) in [6.45, 7) is 11.5. The van der Waals surface area contributed by atoms with Gasteiger partial charge in [0.25, 0.3) is 0 Å². The first-order valence-electron chi connectivity index (χ1n) is 9.82. The van der Waals surface area contributed by atoms with Gasteiger partial charge in [-0.2, -0.15) is 0 Å². The second-order valence-electron chi connectivity index (χ2n) is 7.65. The summed E-state index contributed by atoms with van der Waals surface area (Å²) in [6.07, 6.45) is 3.63. The van der Waals surface area contributed by atoms with Gasteiger partial charge in [-0.15, -0.1) is 0 Å². The van der Waals surface area contributed by atoms with Crippen molar-refractivity contribution in [3.8, 4) is 0 Å². The van der Waals surface area contributed by atoms with Gasteiger partial charge in [-0.3, -0.25) is 4.98 Å². The minimum Gasteiger partial charge on any atom is -0.366 e. The molecule has 0 amide bonds. The Hall–Kier alpha value is -2.95. The van der Waals surface area contributed by atoms with Crippen LogP contribution in [0, 0.1) is 6.92 Å². The van der Waals surface area contributed by atoms with E-state index < -0.39 is 0 Å². The molecule has 28 heavy (non-hydrogen) atoms. The summed E-state index contributed by atoms with van der Waals surface area (Å²) in [6, 6.07) is 12.5. The van der Waals surface area contributed by atoms with Crippen LogP contribution in [-0.2, 0) is 6.54 Å². The van der Waals surface area contributed by atoms with Gasteiger partial charge >= 0.3 is 0 Å². The molecule has 0 radical (unpaired) electrons. The van der Waals surface area contributed by atoms with Crippen LogP contribution in [0.4, 0.5) is 17.3 Å². The Balaban J connectivity index is 1.88. The van der Waals surface area contributed by atoms with Crippen molar-refractivity contribution in [1.82, 2.24) is 15.0 Å². The van der Waals surface area contributed by atoms with Crippen LogP contribution in [-0.4, -0.2) is 15.0 Å². The number of aromatic nitrogens is 3. The zero-order valence-electron chi connectivity index (χ0n) is 17.3. The van der Waals surface area contributed by atoms with E-state index in [0.717, 1.165) is 28.7 Å². The zero-order chi connectivity index (χ0) is 20.1. The van der Waals surface area contributed by atoms with E-state index in [2.05, 4.69) is 71.5 Å². The normalized spacial score (nSPS) is 11.1. The smallest absolute Gasteiger partial charge is 0.136 e. The Morgan fingerprint density at radius 2 is 1.57 bits per heavy atom. The number of aryl methyl sites for hydroxylation is 1. The summed E-state index contributed by atoms with van der Waals surface area (Å²) < 4.78 is 0. The highest BCUT2D eigenvalue weighted by Gasteiger charge is 2.15. The van der Waals surface area contributed by atoms with Crippen LogP contribution in [0.2, 0.25) is 0 Å². The van der Waals surface area contributed by atoms with Crippen molar-refractivity contribution >= 4 is 17.3 Å². The van der Waals surface area contributed by atoms with E-state index in [1.54, 1.807) is 6.20 Å². The molecule has 0 atom stereocenters. The van der Waals surface area contributed by atoms with E-state index in [1.165, 1.54) is 11.1 Å². The number of rotatable bonds is 7. The van der Waals surface area contributed by atoms with Crippen molar-refractivity contribution in [3.05, 3.63) is 71.3 Å². The lowest BCUT2D eigenvalue weighted by atomic mass is 9.92. The maximum Gasteiger partial charge on any atom is 0.136 e. The second kappa shape index (κ2) is 8.83. The average Bonchev–Trinajstić information content (AvgIpc) is 2.66. The van der Waals surface area contributed by atoms with Crippen molar-refractivity contribution in [3.63, 3.8) is 0 Å². The molecule has 0 aliphatic heterocycles. The molecule has 0 saturated heterocycles. The lowest BCUT2D eigenvalue weighted by Gasteiger charge is -2.21. The fourth-order valence-corrected chi connectivity index (χ4v) is 3.24. The van der Waals surface area contributed by atoms with Gasteiger partial charge in [-0.25, -0.2) is 9.97 Å². The second-order valence-corrected chi connectivity index (χ2v) is 7.65. The maximum absolute atomic E-state index is 4.61. The highest BCUT2D eigenvalue weighted by molar-refractivity contribution is 5.68. The molecule has 0 saturated carbocycles. The number of benzene rings is 1. The zero-order valence-corrected chi connectivity index (χ0v) is 17.3. The fourth-order valence-electron chi connectivity index (χ4n) is 3.24. The highest BCUT2D eigenvalue weighted by Crippen LogP contribution is 2.34. The van der Waals surface area contributed by atoms with E-state index in [0.29, 0.717) is 18.4 Å². The third-order valence-corrected chi connectivity index (χ3v) is 4.66. The third-order valence-electron chi connectivity index (χ3n) is 4.66. The number of nitrogens with zero attached hydrogens (tertiary/aromatic N) is 3. The molecule has 0 fully saturated rings. The average molecular weight is 376 g/mol. The first-order valence-corrected chi connectivity index (χ1v) is 9.82. The van der Waals surface area contributed by atoms with E-state index in [9.17, 15) is 0 Å². The summed E-state index contributed by atoms with van der Waals surface area (Å²) in [5, 5.41) is 6.95. The number of hydrogen-bond donors (Lipinski definition) is 2. The van der Waals surface area contributed by atoms with Gasteiger partial charge in [-0.05, 0) is 41.5 Å². The molecule has 0 aliphatic rings. The molecule has 2 N–H and O–H groups in total. The first kappa shape index (κ1) is 19.8. The minimum absolute atomic E-state index is 0.423. The molecule has 5 heteroatoms. The van der Waals surface area contributed by atoms with Gasteiger partial charge in [-0.1, -0.05) is 52.0 Å².